The summed E-state index contributed by atoms with van der Waals surface area (Å²) in [5.74, 6) is 1.03. The number of nitrogens with two attached hydrogens (primary N) is 1. The van der Waals surface area contributed by atoms with E-state index < -0.39 is 0 Å². The molecule has 1 aromatic rings. The summed E-state index contributed by atoms with van der Waals surface area (Å²) in [6.07, 6.45) is 5.43. The maximum absolute atomic E-state index is 5.60. The van der Waals surface area contributed by atoms with Crippen molar-refractivity contribution in [2.24, 2.45) is 5.73 Å². The van der Waals surface area contributed by atoms with Crippen LogP contribution < -0.4 is 5.73 Å². The van der Waals surface area contributed by atoms with Crippen molar-refractivity contribution < 1.29 is 4.42 Å². The Bertz CT molecular complexity index is 199. The Morgan fingerprint density at radius 3 is 3.17 bits per heavy atom. The van der Waals surface area contributed by atoms with Crippen LogP contribution in [0.5, 0.6) is 0 Å². The number of oxazole rings is 1. The van der Waals surface area contributed by atoms with Gasteiger partial charge in [0, 0.05) is 11.8 Å². The highest BCUT2D eigenvalue weighted by molar-refractivity contribution is 7.99. The van der Waals surface area contributed by atoms with E-state index in [1.165, 1.54) is 0 Å². The predicted molar refractivity (Wildman–Crippen MR) is 50.1 cm³/mol. The van der Waals surface area contributed by atoms with Crippen LogP contribution in [-0.2, 0) is 0 Å². The van der Waals surface area contributed by atoms with E-state index in [4.69, 9.17) is 10.2 Å². The minimum Gasteiger partial charge on any atom is -0.440 e. The first-order chi connectivity index (χ1) is 5.79. The van der Waals surface area contributed by atoms with Crippen molar-refractivity contribution in [2.45, 2.75) is 31.0 Å². The zero-order valence-electron chi connectivity index (χ0n) is 7.19. The van der Waals surface area contributed by atoms with E-state index in [0.29, 0.717) is 6.04 Å². The Morgan fingerprint density at radius 1 is 1.75 bits per heavy atom. The Hall–Kier alpha value is -0.480. The smallest absolute Gasteiger partial charge is 0.255 e. The van der Waals surface area contributed by atoms with Gasteiger partial charge >= 0.3 is 0 Å². The lowest BCUT2D eigenvalue weighted by atomic mass is 10.2. The lowest BCUT2D eigenvalue weighted by Gasteiger charge is -2.01. The van der Waals surface area contributed by atoms with Gasteiger partial charge in [-0.05, 0) is 19.8 Å². The van der Waals surface area contributed by atoms with Crippen LogP contribution in [0.15, 0.2) is 22.1 Å². The molecule has 0 amide bonds. The van der Waals surface area contributed by atoms with Crippen LogP contribution in [0.3, 0.4) is 0 Å². The van der Waals surface area contributed by atoms with E-state index in [9.17, 15) is 0 Å². The van der Waals surface area contributed by atoms with E-state index in [-0.39, 0.29) is 0 Å². The van der Waals surface area contributed by atoms with Gasteiger partial charge in [-0.15, -0.1) is 0 Å². The highest BCUT2D eigenvalue weighted by Gasteiger charge is 1.98. The third-order valence-electron chi connectivity index (χ3n) is 1.44. The second kappa shape index (κ2) is 5.22. The molecule has 1 aromatic heterocycles. The molecule has 0 fully saturated rings. The molecule has 0 saturated carbocycles. The van der Waals surface area contributed by atoms with Crippen molar-refractivity contribution in [1.82, 2.24) is 4.98 Å². The largest absolute Gasteiger partial charge is 0.440 e. The Labute approximate surface area is 76.7 Å². The van der Waals surface area contributed by atoms with E-state index in [1.807, 2.05) is 6.92 Å². The lowest BCUT2D eigenvalue weighted by Crippen LogP contribution is -2.14. The first-order valence-corrected chi connectivity index (χ1v) is 5.05. The maximum atomic E-state index is 5.60. The summed E-state index contributed by atoms with van der Waals surface area (Å²) in [5.41, 5.74) is 5.60. The van der Waals surface area contributed by atoms with Gasteiger partial charge in [0.15, 0.2) is 0 Å². The molecule has 12 heavy (non-hydrogen) atoms. The maximum Gasteiger partial charge on any atom is 0.255 e. The molecule has 0 spiro atoms. The summed E-state index contributed by atoms with van der Waals surface area (Å²) >= 11 is 1.64. The first-order valence-electron chi connectivity index (χ1n) is 4.07. The van der Waals surface area contributed by atoms with Crippen LogP contribution in [0.4, 0.5) is 0 Å². The first kappa shape index (κ1) is 9.61. The summed E-state index contributed by atoms with van der Waals surface area (Å²) in [5, 5.41) is 0.750. The van der Waals surface area contributed by atoms with Gasteiger partial charge in [0.2, 0.25) is 0 Å². The van der Waals surface area contributed by atoms with E-state index >= 15 is 0 Å². The fourth-order valence-corrected chi connectivity index (χ4v) is 1.59. The normalized spacial score (nSPS) is 13.2. The summed E-state index contributed by atoms with van der Waals surface area (Å²) in [6, 6.07) is 0.301. The average Bonchev–Trinajstić information content (AvgIpc) is 2.49. The molecule has 68 valence electrons. The van der Waals surface area contributed by atoms with Crippen LogP contribution in [0.1, 0.15) is 19.8 Å². The molecule has 1 atom stereocenters. The number of thioether (sulfide) groups is 1. The summed E-state index contributed by atoms with van der Waals surface area (Å²) in [4.78, 5) is 4.00. The van der Waals surface area contributed by atoms with Crippen LogP contribution >= 0.6 is 11.8 Å². The molecule has 0 aliphatic rings. The fourth-order valence-electron chi connectivity index (χ4n) is 0.846. The molecule has 0 aliphatic carbocycles. The molecule has 1 rings (SSSR count). The third kappa shape index (κ3) is 3.78. The summed E-state index contributed by atoms with van der Waals surface area (Å²) in [6.45, 7) is 2.02. The molecule has 0 bridgehead atoms. The molecular weight excluding hydrogens is 172 g/mol. The Kier molecular flexibility index (Phi) is 4.18. The number of hydrogen-bond donors (Lipinski definition) is 1. The van der Waals surface area contributed by atoms with E-state index in [0.717, 1.165) is 23.8 Å². The number of aromatic nitrogens is 1. The van der Waals surface area contributed by atoms with Crippen molar-refractivity contribution >= 4 is 11.8 Å². The van der Waals surface area contributed by atoms with Gasteiger partial charge in [0.05, 0.1) is 6.20 Å². The molecule has 2 N–H and O–H groups in total. The van der Waals surface area contributed by atoms with Gasteiger partial charge in [0.1, 0.15) is 6.26 Å². The second-order valence-electron chi connectivity index (χ2n) is 2.77. The second-order valence-corrected chi connectivity index (χ2v) is 3.81. The average molecular weight is 186 g/mol. The molecular formula is C8H14N2OS. The van der Waals surface area contributed by atoms with Crippen LogP contribution in [-0.4, -0.2) is 16.8 Å². The molecule has 3 nitrogen and oxygen atoms in total. The zero-order valence-corrected chi connectivity index (χ0v) is 8.01. The van der Waals surface area contributed by atoms with Gasteiger partial charge < -0.3 is 10.2 Å². The predicted octanol–water partition coefficient (Wildman–Crippen LogP) is 1.89. The van der Waals surface area contributed by atoms with E-state index in [1.54, 1.807) is 24.2 Å². The molecule has 1 unspecified atom stereocenters. The quantitative estimate of drug-likeness (QED) is 0.563. The fraction of sp³-hybridized carbons (Fsp3) is 0.625. The number of hydrogen-bond acceptors (Lipinski definition) is 4. The molecule has 0 radical (unpaired) electrons. The molecule has 0 saturated heterocycles. The van der Waals surface area contributed by atoms with Gasteiger partial charge in [-0.25, -0.2) is 4.98 Å². The zero-order chi connectivity index (χ0) is 8.81. The third-order valence-corrected chi connectivity index (χ3v) is 2.38. The van der Waals surface area contributed by atoms with Crippen molar-refractivity contribution in [3.63, 3.8) is 0 Å². The number of rotatable bonds is 5. The Morgan fingerprint density at radius 2 is 2.58 bits per heavy atom. The van der Waals surface area contributed by atoms with Crippen molar-refractivity contribution in [3.8, 4) is 0 Å². The van der Waals surface area contributed by atoms with Crippen LogP contribution in [0.25, 0.3) is 0 Å². The standard InChI is InChI=1S/C8H14N2OS/c1-7(9)3-2-6-12-8-10-4-5-11-8/h4-5,7H,2-3,6,9H2,1H3. The van der Waals surface area contributed by atoms with Gasteiger partial charge in [-0.1, -0.05) is 11.8 Å². The minimum absolute atomic E-state index is 0.301. The highest BCUT2D eigenvalue weighted by atomic mass is 32.2. The van der Waals surface area contributed by atoms with Crippen LogP contribution in [0, 0.1) is 0 Å². The summed E-state index contributed by atoms with van der Waals surface area (Å²) in [7, 11) is 0. The lowest BCUT2D eigenvalue weighted by molar-refractivity contribution is 0.454. The molecule has 4 heteroatoms. The SMILES string of the molecule is CC(N)CCCSc1ncco1. The van der Waals surface area contributed by atoms with Crippen molar-refractivity contribution in [2.75, 3.05) is 5.75 Å². The topological polar surface area (TPSA) is 52.0 Å². The monoisotopic (exact) mass is 186 g/mol. The molecule has 1 heterocycles. The highest BCUT2D eigenvalue weighted by Crippen LogP contribution is 2.16. The van der Waals surface area contributed by atoms with E-state index in [2.05, 4.69) is 4.98 Å². The minimum atomic E-state index is 0.301. The van der Waals surface area contributed by atoms with Gasteiger partial charge in [-0.2, -0.15) is 0 Å². The van der Waals surface area contributed by atoms with Crippen molar-refractivity contribution in [1.29, 1.82) is 0 Å². The number of nitrogens with zero attached hydrogens (tertiary/aromatic N) is 1. The molecule has 0 aromatic carbocycles. The summed E-state index contributed by atoms with van der Waals surface area (Å²) < 4.78 is 5.06. The van der Waals surface area contributed by atoms with Crippen molar-refractivity contribution in [3.05, 3.63) is 12.5 Å². The van der Waals surface area contributed by atoms with Gasteiger partial charge in [0.25, 0.3) is 5.22 Å². The van der Waals surface area contributed by atoms with Gasteiger partial charge in [-0.3, -0.25) is 0 Å². The van der Waals surface area contributed by atoms with Crippen LogP contribution in [0.2, 0.25) is 0 Å². The molecule has 0 aliphatic heterocycles. The Balaban J connectivity index is 2.04.